The molecule has 0 aliphatic carbocycles. The van der Waals surface area contributed by atoms with Crippen molar-refractivity contribution in [3.05, 3.63) is 12.7 Å². The van der Waals surface area contributed by atoms with Crippen molar-refractivity contribution >= 4 is 5.97 Å². The van der Waals surface area contributed by atoms with Gasteiger partial charge in [0.05, 0.1) is 19.1 Å². The lowest BCUT2D eigenvalue weighted by Crippen LogP contribution is -2.27. The average molecular weight is 214 g/mol. The Bertz CT molecular complexity index is 239. The molecule has 0 bridgehead atoms. The van der Waals surface area contributed by atoms with E-state index in [9.17, 15) is 4.79 Å². The molecule has 1 aliphatic heterocycles. The van der Waals surface area contributed by atoms with Gasteiger partial charge in [0.1, 0.15) is 6.61 Å². The minimum Gasteiger partial charge on any atom is -0.461 e. The van der Waals surface area contributed by atoms with Crippen LogP contribution in [0.5, 0.6) is 0 Å². The first-order valence-corrected chi connectivity index (χ1v) is 5.14. The van der Waals surface area contributed by atoms with E-state index < -0.39 is 5.79 Å². The highest BCUT2D eigenvalue weighted by Gasteiger charge is 2.35. The zero-order valence-electron chi connectivity index (χ0n) is 9.32. The van der Waals surface area contributed by atoms with Gasteiger partial charge in [-0.25, -0.2) is 0 Å². The van der Waals surface area contributed by atoms with E-state index in [-0.39, 0.29) is 18.7 Å². The topological polar surface area (TPSA) is 44.8 Å². The fourth-order valence-electron chi connectivity index (χ4n) is 1.47. The molecule has 4 heteroatoms. The number of carbonyl (C=O) groups is 1. The van der Waals surface area contributed by atoms with Crippen molar-refractivity contribution in [2.45, 2.75) is 38.6 Å². The Hall–Kier alpha value is -0.870. The molecule has 0 amide bonds. The molecular weight excluding hydrogens is 196 g/mol. The fraction of sp³-hybridized carbons (Fsp3) is 0.727. The zero-order chi connectivity index (χ0) is 11.3. The number of hydrogen-bond donors (Lipinski definition) is 0. The van der Waals surface area contributed by atoms with E-state index in [1.54, 1.807) is 6.08 Å². The first-order valence-electron chi connectivity index (χ1n) is 5.14. The lowest BCUT2D eigenvalue weighted by molar-refractivity contribution is -0.166. The highest BCUT2D eigenvalue weighted by molar-refractivity contribution is 5.69. The highest BCUT2D eigenvalue weighted by atomic mass is 16.7. The summed E-state index contributed by atoms with van der Waals surface area (Å²) in [5, 5.41) is 0. The van der Waals surface area contributed by atoms with Crippen LogP contribution in [0, 0.1) is 0 Å². The summed E-state index contributed by atoms with van der Waals surface area (Å²) >= 11 is 0. The molecule has 4 nitrogen and oxygen atoms in total. The normalized spacial score (nSPS) is 30.1. The summed E-state index contributed by atoms with van der Waals surface area (Å²) in [6.45, 7) is 8.10. The van der Waals surface area contributed by atoms with Crippen LogP contribution in [0.25, 0.3) is 0 Å². The first kappa shape index (κ1) is 12.2. The molecular formula is C11H18O4. The van der Waals surface area contributed by atoms with Crippen LogP contribution in [-0.4, -0.2) is 31.1 Å². The molecule has 1 rings (SSSR count). The van der Waals surface area contributed by atoms with Gasteiger partial charge >= 0.3 is 5.97 Å². The van der Waals surface area contributed by atoms with Gasteiger partial charge in [-0.2, -0.15) is 0 Å². The monoisotopic (exact) mass is 214 g/mol. The Morgan fingerprint density at radius 3 is 3.00 bits per heavy atom. The average Bonchev–Trinajstić information content (AvgIpc) is 2.53. The molecule has 1 heterocycles. The molecule has 0 aromatic heterocycles. The quantitative estimate of drug-likeness (QED) is 0.515. The largest absolute Gasteiger partial charge is 0.461 e. The Labute approximate surface area is 90.2 Å². The maximum absolute atomic E-state index is 11.2. The second-order valence-corrected chi connectivity index (χ2v) is 3.84. The number of ether oxygens (including phenoxy) is 3. The summed E-state index contributed by atoms with van der Waals surface area (Å²) < 4.78 is 15.9. The molecule has 0 radical (unpaired) electrons. The maximum atomic E-state index is 11.2. The standard InChI is InChI=1S/C11H18O4/c1-4-7-13-10(12)5-6-11(3)14-8-9(2)15-11/h4,9H,1,5-8H2,2-3H3. The van der Waals surface area contributed by atoms with E-state index in [2.05, 4.69) is 6.58 Å². The predicted molar refractivity (Wildman–Crippen MR) is 55.3 cm³/mol. The van der Waals surface area contributed by atoms with Crippen molar-refractivity contribution in [1.29, 1.82) is 0 Å². The van der Waals surface area contributed by atoms with Crippen LogP contribution in [0.15, 0.2) is 12.7 Å². The minimum absolute atomic E-state index is 0.0965. The second-order valence-electron chi connectivity index (χ2n) is 3.84. The molecule has 0 spiro atoms. The van der Waals surface area contributed by atoms with Crippen LogP contribution in [0.3, 0.4) is 0 Å². The van der Waals surface area contributed by atoms with Crippen LogP contribution < -0.4 is 0 Å². The molecule has 86 valence electrons. The van der Waals surface area contributed by atoms with Gasteiger partial charge in [-0.3, -0.25) is 4.79 Å². The molecule has 2 unspecified atom stereocenters. The third-order valence-electron chi connectivity index (χ3n) is 2.22. The van der Waals surface area contributed by atoms with Gasteiger partial charge in [-0.1, -0.05) is 12.7 Å². The summed E-state index contributed by atoms with van der Waals surface area (Å²) in [4.78, 5) is 11.2. The maximum Gasteiger partial charge on any atom is 0.306 e. The van der Waals surface area contributed by atoms with Crippen molar-refractivity contribution in [2.24, 2.45) is 0 Å². The van der Waals surface area contributed by atoms with E-state index in [0.717, 1.165) is 0 Å². The van der Waals surface area contributed by atoms with Gasteiger partial charge in [0, 0.05) is 6.42 Å². The van der Waals surface area contributed by atoms with Crippen LogP contribution >= 0.6 is 0 Å². The molecule has 0 N–H and O–H groups in total. The van der Waals surface area contributed by atoms with E-state index in [4.69, 9.17) is 14.2 Å². The molecule has 1 saturated heterocycles. The summed E-state index contributed by atoms with van der Waals surface area (Å²) in [5.41, 5.74) is 0. The van der Waals surface area contributed by atoms with Gasteiger partial charge in [-0.15, -0.1) is 0 Å². The lowest BCUT2D eigenvalue weighted by Gasteiger charge is -2.22. The van der Waals surface area contributed by atoms with E-state index in [1.165, 1.54) is 0 Å². The molecule has 2 atom stereocenters. The smallest absolute Gasteiger partial charge is 0.306 e. The van der Waals surface area contributed by atoms with Crippen molar-refractivity contribution in [1.82, 2.24) is 0 Å². The Kier molecular flexibility index (Phi) is 4.29. The summed E-state index contributed by atoms with van der Waals surface area (Å²) in [5.74, 6) is -0.880. The van der Waals surface area contributed by atoms with Crippen LogP contribution in [0.1, 0.15) is 26.7 Å². The number of hydrogen-bond acceptors (Lipinski definition) is 4. The SMILES string of the molecule is C=CCOC(=O)CCC1(C)OCC(C)O1. The number of rotatable bonds is 5. The number of carbonyl (C=O) groups excluding carboxylic acids is 1. The molecule has 15 heavy (non-hydrogen) atoms. The van der Waals surface area contributed by atoms with Gasteiger partial charge in [-0.05, 0) is 13.8 Å². The minimum atomic E-state index is -0.632. The summed E-state index contributed by atoms with van der Waals surface area (Å²) in [6.07, 6.45) is 2.47. The first-order chi connectivity index (χ1) is 7.06. The van der Waals surface area contributed by atoms with Crippen molar-refractivity contribution in [2.75, 3.05) is 13.2 Å². The molecule has 1 fully saturated rings. The Morgan fingerprint density at radius 1 is 1.73 bits per heavy atom. The van der Waals surface area contributed by atoms with Gasteiger partial charge in [0.25, 0.3) is 0 Å². The zero-order valence-corrected chi connectivity index (χ0v) is 9.32. The van der Waals surface area contributed by atoms with Gasteiger partial charge in [0.2, 0.25) is 0 Å². The highest BCUT2D eigenvalue weighted by Crippen LogP contribution is 2.27. The summed E-state index contributed by atoms with van der Waals surface area (Å²) in [7, 11) is 0. The van der Waals surface area contributed by atoms with Gasteiger partial charge < -0.3 is 14.2 Å². The predicted octanol–water partition coefficient (Wildman–Crippen LogP) is 1.65. The van der Waals surface area contributed by atoms with Crippen LogP contribution in [0.2, 0.25) is 0 Å². The Morgan fingerprint density at radius 2 is 2.47 bits per heavy atom. The van der Waals surface area contributed by atoms with Crippen LogP contribution in [-0.2, 0) is 19.0 Å². The lowest BCUT2D eigenvalue weighted by atomic mass is 10.2. The van der Waals surface area contributed by atoms with Crippen LogP contribution in [0.4, 0.5) is 0 Å². The van der Waals surface area contributed by atoms with Crippen molar-refractivity contribution in [3.8, 4) is 0 Å². The molecule has 0 aromatic rings. The van der Waals surface area contributed by atoms with Gasteiger partial charge in [0.15, 0.2) is 5.79 Å². The fourth-order valence-corrected chi connectivity index (χ4v) is 1.47. The molecule has 0 aromatic carbocycles. The van der Waals surface area contributed by atoms with E-state index in [1.807, 2.05) is 13.8 Å². The third kappa shape index (κ3) is 4.01. The molecule has 1 aliphatic rings. The molecule has 0 saturated carbocycles. The summed E-state index contributed by atoms with van der Waals surface area (Å²) in [6, 6.07) is 0. The van der Waals surface area contributed by atoms with E-state index in [0.29, 0.717) is 19.4 Å². The Balaban J connectivity index is 2.24. The van der Waals surface area contributed by atoms with Crippen molar-refractivity contribution < 1.29 is 19.0 Å². The second kappa shape index (κ2) is 5.28. The number of esters is 1. The third-order valence-corrected chi connectivity index (χ3v) is 2.22. The van der Waals surface area contributed by atoms with Crippen molar-refractivity contribution in [3.63, 3.8) is 0 Å². The van der Waals surface area contributed by atoms with E-state index >= 15 is 0 Å².